The van der Waals surface area contributed by atoms with Crippen LogP contribution in [0.25, 0.3) is 0 Å². The second-order valence-corrected chi connectivity index (χ2v) is 11.4. The van der Waals surface area contributed by atoms with E-state index in [2.05, 4.69) is 10.2 Å². The molecule has 2 amide bonds. The van der Waals surface area contributed by atoms with E-state index in [0.29, 0.717) is 53.7 Å². The van der Waals surface area contributed by atoms with Crippen LogP contribution >= 0.6 is 22.6 Å². The Morgan fingerprint density at radius 2 is 1.98 bits per heavy atom. The summed E-state index contributed by atoms with van der Waals surface area (Å²) >= 11 is 2.01. The number of methoxy groups -OCH3 is 1. The van der Waals surface area contributed by atoms with Gasteiger partial charge in [-0.1, -0.05) is 0 Å². The van der Waals surface area contributed by atoms with Crippen LogP contribution in [-0.2, 0) is 19.1 Å². The average molecular weight is 702 g/mol. The molecule has 13 heteroatoms. The van der Waals surface area contributed by atoms with Gasteiger partial charge in [0.15, 0.2) is 11.5 Å². The lowest BCUT2D eigenvalue weighted by Crippen LogP contribution is -2.56. The van der Waals surface area contributed by atoms with Crippen LogP contribution < -0.4 is 14.8 Å². The van der Waals surface area contributed by atoms with E-state index in [1.807, 2.05) is 22.6 Å². The number of aldehydes is 1. The van der Waals surface area contributed by atoms with Crippen LogP contribution in [0.2, 0.25) is 0 Å². The van der Waals surface area contributed by atoms with Crippen LogP contribution in [0.1, 0.15) is 43.0 Å². The molecule has 3 atom stereocenters. The SMILES string of the molecule is COc1cc(C=O)cc(I)c1O[C@H]1C=C(C(=O)NCCO)C[C@@H](N(CCN2CCOCC2)C(=O)CCCC(C)=O)[C@@H]1O. The van der Waals surface area contributed by atoms with Crippen molar-refractivity contribution in [1.82, 2.24) is 15.1 Å². The number of nitrogens with one attached hydrogen (secondary N) is 1. The number of benzene rings is 1. The average Bonchev–Trinajstić information content (AvgIpc) is 2.98. The summed E-state index contributed by atoms with van der Waals surface area (Å²) in [6, 6.07) is 2.32. The summed E-state index contributed by atoms with van der Waals surface area (Å²) in [5, 5.41) is 23.5. The van der Waals surface area contributed by atoms with Crippen molar-refractivity contribution < 1.29 is 43.6 Å². The lowest BCUT2D eigenvalue weighted by Gasteiger charge is -2.41. The number of ketones is 1. The number of carbonyl (C=O) groups is 4. The van der Waals surface area contributed by atoms with Crippen molar-refractivity contribution in [1.29, 1.82) is 0 Å². The monoisotopic (exact) mass is 701 g/mol. The number of nitrogens with zero attached hydrogens (tertiary/aromatic N) is 2. The van der Waals surface area contributed by atoms with E-state index in [1.54, 1.807) is 11.0 Å². The first-order valence-electron chi connectivity index (χ1n) is 14.0. The summed E-state index contributed by atoms with van der Waals surface area (Å²) in [6.07, 6.45) is 0.787. The molecule has 0 spiro atoms. The number of aliphatic hydroxyl groups is 2. The topological polar surface area (TPSA) is 155 Å². The fourth-order valence-electron chi connectivity index (χ4n) is 5.02. The van der Waals surface area contributed by atoms with E-state index in [9.17, 15) is 29.4 Å². The summed E-state index contributed by atoms with van der Waals surface area (Å²) in [5.41, 5.74) is 0.686. The Hall–Kier alpha value is -2.59. The van der Waals surface area contributed by atoms with Crippen LogP contribution in [-0.4, -0.2) is 122 Å². The van der Waals surface area contributed by atoms with Gasteiger partial charge in [0.1, 0.15) is 24.3 Å². The van der Waals surface area contributed by atoms with Gasteiger partial charge in [0.05, 0.1) is 36.5 Å². The third-order valence-corrected chi connectivity index (χ3v) is 8.06. The van der Waals surface area contributed by atoms with Crippen molar-refractivity contribution in [3.63, 3.8) is 0 Å². The van der Waals surface area contributed by atoms with Crippen molar-refractivity contribution in [3.8, 4) is 11.5 Å². The maximum Gasteiger partial charge on any atom is 0.247 e. The molecule has 12 nitrogen and oxygen atoms in total. The zero-order valence-electron chi connectivity index (χ0n) is 24.1. The quantitative estimate of drug-likeness (QED) is 0.178. The van der Waals surface area contributed by atoms with Crippen LogP contribution in [0.5, 0.6) is 11.5 Å². The maximum atomic E-state index is 13.6. The Balaban J connectivity index is 1.95. The second kappa shape index (κ2) is 16.9. The first-order valence-corrected chi connectivity index (χ1v) is 15.1. The largest absolute Gasteiger partial charge is 0.493 e. The number of hydrogen-bond donors (Lipinski definition) is 3. The molecule has 1 heterocycles. The standard InChI is InChI=1S/C29H40IN3O9/c1-19(36)4-3-5-26(37)33(8-7-32-9-12-41-13-10-32)23-16-21(29(39)31-6-11-34)17-24(27(23)38)42-28-22(30)14-20(18-35)15-25(28)40-2/h14-15,17-18,23-24,27,34,38H,3-13,16H2,1-2H3,(H,31,39)/t23-,24+,27+/m1/s1. The molecule has 1 fully saturated rings. The lowest BCUT2D eigenvalue weighted by molar-refractivity contribution is -0.139. The van der Waals surface area contributed by atoms with Gasteiger partial charge in [0.2, 0.25) is 11.8 Å². The molecule has 1 aromatic rings. The molecule has 0 aromatic heterocycles. The minimum Gasteiger partial charge on any atom is -0.493 e. The number of ether oxygens (including phenoxy) is 3. The third-order valence-electron chi connectivity index (χ3n) is 7.26. The number of morpholine rings is 1. The van der Waals surface area contributed by atoms with Crippen LogP contribution in [0.4, 0.5) is 0 Å². The molecule has 0 unspecified atom stereocenters. The maximum absolute atomic E-state index is 13.6. The van der Waals surface area contributed by atoms with Crippen LogP contribution in [0, 0.1) is 3.57 Å². The second-order valence-electron chi connectivity index (χ2n) is 10.3. The number of rotatable bonds is 15. The predicted octanol–water partition coefficient (Wildman–Crippen LogP) is 0.948. The van der Waals surface area contributed by atoms with Gasteiger partial charge in [-0.15, -0.1) is 0 Å². The molecule has 1 aliphatic carbocycles. The fraction of sp³-hybridized carbons (Fsp3) is 0.586. The van der Waals surface area contributed by atoms with E-state index in [0.717, 1.165) is 13.1 Å². The molecule has 1 aromatic carbocycles. The Morgan fingerprint density at radius 3 is 2.62 bits per heavy atom. The predicted molar refractivity (Wildman–Crippen MR) is 162 cm³/mol. The van der Waals surface area contributed by atoms with Gasteiger partial charge in [0.25, 0.3) is 0 Å². The molecule has 3 N–H and O–H groups in total. The van der Waals surface area contributed by atoms with Crippen molar-refractivity contribution in [2.75, 3.05) is 59.7 Å². The highest BCUT2D eigenvalue weighted by Crippen LogP contribution is 2.37. The normalized spacial score (nSPS) is 20.8. The van der Waals surface area contributed by atoms with E-state index in [-0.39, 0.29) is 55.6 Å². The molecular weight excluding hydrogens is 661 g/mol. The molecule has 2 aliphatic rings. The van der Waals surface area contributed by atoms with Gasteiger partial charge in [-0.05, 0) is 54.1 Å². The Bertz CT molecular complexity index is 1140. The summed E-state index contributed by atoms with van der Waals surface area (Å²) in [5.74, 6) is -0.116. The van der Waals surface area contributed by atoms with Crippen molar-refractivity contribution in [2.45, 2.75) is 50.9 Å². The Morgan fingerprint density at radius 1 is 1.24 bits per heavy atom. The smallest absolute Gasteiger partial charge is 0.247 e. The van der Waals surface area contributed by atoms with Gasteiger partial charge < -0.3 is 39.4 Å². The molecule has 0 saturated carbocycles. The molecular formula is C29H40IN3O9. The van der Waals surface area contributed by atoms with E-state index in [1.165, 1.54) is 26.2 Å². The van der Waals surface area contributed by atoms with Crippen LogP contribution in [0.3, 0.4) is 0 Å². The number of aliphatic hydroxyl groups excluding tert-OH is 2. The van der Waals surface area contributed by atoms with Crippen molar-refractivity contribution in [3.05, 3.63) is 32.9 Å². The molecule has 1 aliphatic heterocycles. The molecule has 0 bridgehead atoms. The number of carbonyl (C=O) groups excluding carboxylic acids is 4. The third kappa shape index (κ3) is 9.46. The summed E-state index contributed by atoms with van der Waals surface area (Å²) in [7, 11) is 1.43. The highest BCUT2D eigenvalue weighted by atomic mass is 127. The molecule has 0 radical (unpaired) electrons. The number of halogens is 1. The molecule has 42 heavy (non-hydrogen) atoms. The van der Waals surface area contributed by atoms with Gasteiger partial charge in [0, 0.05) is 63.1 Å². The summed E-state index contributed by atoms with van der Waals surface area (Å²) in [4.78, 5) is 53.3. The zero-order valence-corrected chi connectivity index (χ0v) is 26.2. The zero-order chi connectivity index (χ0) is 30.6. The highest BCUT2D eigenvalue weighted by Gasteiger charge is 2.41. The lowest BCUT2D eigenvalue weighted by atomic mass is 9.87. The van der Waals surface area contributed by atoms with Gasteiger partial charge in [-0.3, -0.25) is 19.3 Å². The number of hydrogen-bond acceptors (Lipinski definition) is 10. The van der Waals surface area contributed by atoms with Gasteiger partial charge in [-0.25, -0.2) is 0 Å². The van der Waals surface area contributed by atoms with Crippen LogP contribution in [0.15, 0.2) is 23.8 Å². The summed E-state index contributed by atoms with van der Waals surface area (Å²) in [6.45, 7) is 4.74. The first-order chi connectivity index (χ1) is 20.2. The van der Waals surface area contributed by atoms with E-state index < -0.39 is 24.2 Å². The Labute approximate surface area is 259 Å². The van der Waals surface area contributed by atoms with Crippen molar-refractivity contribution >= 4 is 46.5 Å². The number of Topliss-reactive ketones (excluding diaryl/α,β-unsaturated/α-hetero) is 1. The summed E-state index contributed by atoms with van der Waals surface area (Å²) < 4.78 is 17.7. The van der Waals surface area contributed by atoms with E-state index in [4.69, 9.17) is 14.2 Å². The number of amides is 2. The molecule has 3 rings (SSSR count). The Kier molecular flexibility index (Phi) is 13.6. The molecule has 232 valence electrons. The minimum atomic E-state index is -1.22. The van der Waals surface area contributed by atoms with Gasteiger partial charge in [-0.2, -0.15) is 0 Å². The van der Waals surface area contributed by atoms with Gasteiger partial charge >= 0.3 is 0 Å². The molecule has 1 saturated heterocycles. The van der Waals surface area contributed by atoms with E-state index >= 15 is 0 Å². The minimum absolute atomic E-state index is 0.0104. The first kappa shape index (κ1) is 33.9. The fourth-order valence-corrected chi connectivity index (χ4v) is 5.77. The highest BCUT2D eigenvalue weighted by molar-refractivity contribution is 14.1. The van der Waals surface area contributed by atoms with Crippen molar-refractivity contribution in [2.24, 2.45) is 0 Å².